The van der Waals surface area contributed by atoms with E-state index in [1.54, 1.807) is 0 Å². The highest BCUT2D eigenvalue weighted by Crippen LogP contribution is 2.30. The van der Waals surface area contributed by atoms with E-state index in [1.165, 1.54) is 65.5 Å². The molecule has 0 bridgehead atoms. The van der Waals surface area contributed by atoms with Crippen molar-refractivity contribution in [2.75, 3.05) is 19.4 Å². The molecule has 0 aliphatic heterocycles. The van der Waals surface area contributed by atoms with Crippen LogP contribution < -0.4 is 5.32 Å². The number of hydrogen-bond donors (Lipinski definition) is 1. The molecule has 0 aromatic heterocycles. The van der Waals surface area contributed by atoms with Crippen LogP contribution in [-0.4, -0.2) is 30.5 Å². The predicted octanol–water partition coefficient (Wildman–Crippen LogP) is 7.93. The Balaban J connectivity index is 1.27. The van der Waals surface area contributed by atoms with E-state index in [2.05, 4.69) is 99.1 Å². The first-order valence-electron chi connectivity index (χ1n) is 14.0. The van der Waals surface area contributed by atoms with Crippen molar-refractivity contribution in [2.24, 2.45) is 0 Å². The summed E-state index contributed by atoms with van der Waals surface area (Å²) < 4.78 is 1.04. The molecule has 3 aromatic carbocycles. The molecule has 37 heavy (non-hydrogen) atoms. The fourth-order valence-electron chi connectivity index (χ4n) is 6.08. The number of carbonyl (C=O) groups is 1. The summed E-state index contributed by atoms with van der Waals surface area (Å²) in [4.78, 5) is 13.3. The first kappa shape index (κ1) is 25.5. The topological polar surface area (TPSA) is 29.1 Å². The zero-order chi connectivity index (χ0) is 25.8. The predicted molar refractivity (Wildman–Crippen MR) is 155 cm³/mol. The summed E-state index contributed by atoms with van der Waals surface area (Å²) in [6, 6.07) is 24.6. The molecule has 1 fully saturated rings. The molecule has 0 spiro atoms. The van der Waals surface area contributed by atoms with Crippen LogP contribution in [0.4, 0.5) is 5.69 Å². The Labute approximate surface area is 222 Å². The average molecular weight is 494 g/mol. The molecule has 0 atom stereocenters. The monoisotopic (exact) mass is 493 g/mol. The largest absolute Gasteiger partial charge is 0.322 e. The van der Waals surface area contributed by atoms with Gasteiger partial charge in [0, 0.05) is 16.8 Å². The number of rotatable bonds is 6. The number of fused-ring (bicyclic) bond motifs is 1. The number of aryl methyl sites for hydroxylation is 2. The van der Waals surface area contributed by atoms with E-state index in [4.69, 9.17) is 0 Å². The van der Waals surface area contributed by atoms with E-state index in [0.29, 0.717) is 0 Å². The molecule has 192 valence electrons. The summed E-state index contributed by atoms with van der Waals surface area (Å²) in [7, 11) is 4.73. The van der Waals surface area contributed by atoms with Crippen LogP contribution in [0.2, 0.25) is 0 Å². The molecule has 2 aliphatic rings. The fourth-order valence-corrected chi connectivity index (χ4v) is 6.08. The average Bonchev–Trinajstić information content (AvgIpc) is 3.13. The van der Waals surface area contributed by atoms with Crippen LogP contribution >= 0.6 is 0 Å². The lowest BCUT2D eigenvalue weighted by atomic mass is 9.92. The molecule has 1 N–H and O–H groups in total. The first-order chi connectivity index (χ1) is 17.9. The molecule has 0 saturated heterocycles. The van der Waals surface area contributed by atoms with Gasteiger partial charge in [-0.3, -0.25) is 4.79 Å². The van der Waals surface area contributed by atoms with Crippen LogP contribution in [0, 0.1) is 6.92 Å². The van der Waals surface area contributed by atoms with Gasteiger partial charge in [0.05, 0.1) is 20.1 Å². The van der Waals surface area contributed by atoms with Crippen molar-refractivity contribution in [3.05, 3.63) is 94.6 Å². The Morgan fingerprint density at radius 1 is 0.838 bits per heavy atom. The van der Waals surface area contributed by atoms with Crippen LogP contribution in [0.15, 0.2) is 72.3 Å². The van der Waals surface area contributed by atoms with Gasteiger partial charge < -0.3 is 9.80 Å². The molecule has 3 nitrogen and oxygen atoms in total. The van der Waals surface area contributed by atoms with E-state index < -0.39 is 0 Å². The molecule has 3 heteroatoms. The normalized spacial score (nSPS) is 16.5. The summed E-state index contributed by atoms with van der Waals surface area (Å²) in [5, 5.41) is 3.16. The molecular weight excluding hydrogens is 452 g/mol. The van der Waals surface area contributed by atoms with Crippen molar-refractivity contribution in [3.63, 3.8) is 0 Å². The van der Waals surface area contributed by atoms with E-state index in [0.717, 1.165) is 47.6 Å². The number of nitrogens with zero attached hydrogens (tertiary/aromatic N) is 1. The van der Waals surface area contributed by atoms with Gasteiger partial charge in [-0.25, -0.2) is 0 Å². The minimum Gasteiger partial charge on any atom is -0.322 e. The van der Waals surface area contributed by atoms with Gasteiger partial charge >= 0.3 is 0 Å². The highest BCUT2D eigenvalue weighted by Gasteiger charge is 2.29. The zero-order valence-corrected chi connectivity index (χ0v) is 22.7. The minimum atomic E-state index is 0.0136. The fraction of sp³-hybridized carbons (Fsp3) is 0.382. The maximum Gasteiger partial charge on any atom is 0.251 e. The number of anilines is 1. The van der Waals surface area contributed by atoms with Crippen molar-refractivity contribution >= 4 is 17.7 Å². The number of quaternary nitrogens is 1. The summed E-state index contributed by atoms with van der Waals surface area (Å²) >= 11 is 0. The summed E-state index contributed by atoms with van der Waals surface area (Å²) in [5.74, 6) is 0.0136. The molecule has 2 aliphatic carbocycles. The molecule has 1 saturated carbocycles. The molecule has 5 rings (SSSR count). The third-order valence-corrected chi connectivity index (χ3v) is 8.41. The molecule has 0 heterocycles. The lowest BCUT2D eigenvalue weighted by Crippen LogP contribution is -2.48. The van der Waals surface area contributed by atoms with Gasteiger partial charge in [-0.1, -0.05) is 60.5 Å². The van der Waals surface area contributed by atoms with Gasteiger partial charge in [-0.2, -0.15) is 0 Å². The molecule has 3 aromatic rings. The Kier molecular flexibility index (Phi) is 7.62. The van der Waals surface area contributed by atoms with Gasteiger partial charge in [0.15, 0.2) is 0 Å². The smallest absolute Gasteiger partial charge is 0.251 e. The van der Waals surface area contributed by atoms with Crippen LogP contribution in [0.25, 0.3) is 17.2 Å². The number of carbonyl (C=O) groups excluding carboxylic acids is 1. The highest BCUT2D eigenvalue weighted by molar-refractivity contribution is 6.07. The van der Waals surface area contributed by atoms with Gasteiger partial charge in [0.1, 0.15) is 6.54 Å². The zero-order valence-electron chi connectivity index (χ0n) is 22.7. The lowest BCUT2D eigenvalue weighted by molar-refractivity contribution is -0.929. The number of hydrogen-bond acceptors (Lipinski definition) is 1. The first-order valence-corrected chi connectivity index (χ1v) is 14.0. The highest BCUT2D eigenvalue weighted by atomic mass is 16.1. The Morgan fingerprint density at radius 3 is 2.27 bits per heavy atom. The van der Waals surface area contributed by atoms with E-state index in [1.807, 2.05) is 0 Å². The molecule has 0 unspecified atom stereocenters. The lowest BCUT2D eigenvalue weighted by Gasteiger charge is -2.40. The van der Waals surface area contributed by atoms with E-state index in [-0.39, 0.29) is 5.91 Å². The van der Waals surface area contributed by atoms with Crippen LogP contribution in [0.5, 0.6) is 0 Å². The molecule has 0 radical (unpaired) electrons. The Hall–Kier alpha value is -3.17. The van der Waals surface area contributed by atoms with Gasteiger partial charge in [-0.15, -0.1) is 0 Å². The Bertz CT molecular complexity index is 1260. The summed E-state index contributed by atoms with van der Waals surface area (Å²) in [6.07, 6.45) is 11.7. The SMILES string of the molecule is Cc1ccc(-c2ccc3c(c2)C=C(C(=O)Nc2ccc(C[N+](C)(C)C4CCCCC4)cc2)CCC3)cc1. The maximum absolute atomic E-state index is 13.3. The molecular formula is C34H41N2O+. The van der Waals surface area contributed by atoms with Crippen LogP contribution in [0.3, 0.4) is 0 Å². The Morgan fingerprint density at radius 2 is 1.54 bits per heavy atom. The third-order valence-electron chi connectivity index (χ3n) is 8.41. The van der Waals surface area contributed by atoms with Crippen molar-refractivity contribution in [3.8, 4) is 11.1 Å². The second-order valence-electron chi connectivity index (χ2n) is 11.7. The van der Waals surface area contributed by atoms with Crippen molar-refractivity contribution in [2.45, 2.75) is 70.9 Å². The minimum absolute atomic E-state index is 0.0136. The van der Waals surface area contributed by atoms with E-state index >= 15 is 0 Å². The third kappa shape index (κ3) is 6.22. The van der Waals surface area contributed by atoms with Crippen LogP contribution in [-0.2, 0) is 17.8 Å². The van der Waals surface area contributed by atoms with Crippen molar-refractivity contribution in [1.82, 2.24) is 0 Å². The van der Waals surface area contributed by atoms with E-state index in [9.17, 15) is 4.79 Å². The quantitative estimate of drug-likeness (QED) is 0.347. The second kappa shape index (κ2) is 11.1. The maximum atomic E-state index is 13.3. The van der Waals surface area contributed by atoms with Crippen molar-refractivity contribution < 1.29 is 9.28 Å². The van der Waals surface area contributed by atoms with Crippen molar-refractivity contribution in [1.29, 1.82) is 0 Å². The summed E-state index contributed by atoms with van der Waals surface area (Å²) in [5.41, 5.74) is 9.22. The second-order valence-corrected chi connectivity index (χ2v) is 11.7. The van der Waals surface area contributed by atoms with Gasteiger partial charge in [0.2, 0.25) is 0 Å². The summed E-state index contributed by atoms with van der Waals surface area (Å²) in [6.45, 7) is 3.14. The number of amides is 1. The number of nitrogens with one attached hydrogen (secondary N) is 1. The van der Waals surface area contributed by atoms with Crippen LogP contribution in [0.1, 0.15) is 67.2 Å². The standard InChI is InChI=1S/C34H40N2O/c1-25-12-16-28(17-13-25)29-19-18-27-8-7-9-30(23-31(27)22-29)34(37)35-32-20-14-26(15-21-32)24-36(2,3)33-10-5-4-6-11-33/h12-23,33H,4-11,24H2,1-3H3/p+1. The van der Waals surface area contributed by atoms with Gasteiger partial charge in [-0.05, 0) is 98.4 Å². The van der Waals surface area contributed by atoms with Gasteiger partial charge in [0.25, 0.3) is 5.91 Å². The number of benzene rings is 3. The molecule has 1 amide bonds.